The maximum absolute atomic E-state index is 12.9. The van der Waals surface area contributed by atoms with Crippen molar-refractivity contribution in [1.29, 1.82) is 0 Å². The Morgan fingerprint density at radius 3 is 2.12 bits per heavy atom. The van der Waals surface area contributed by atoms with E-state index in [1.807, 2.05) is 18.7 Å². The average molecular weight is 359 g/mol. The number of piperazine rings is 1. The van der Waals surface area contributed by atoms with E-state index in [2.05, 4.69) is 4.90 Å². The summed E-state index contributed by atoms with van der Waals surface area (Å²) in [5, 5.41) is 8.98. The molecular formula is C19H25N3O4. The summed E-state index contributed by atoms with van der Waals surface area (Å²) in [6.07, 6.45) is 0.277. The lowest BCUT2D eigenvalue weighted by Crippen LogP contribution is -2.54. The van der Waals surface area contributed by atoms with Gasteiger partial charge in [-0.1, -0.05) is 0 Å². The van der Waals surface area contributed by atoms with Crippen LogP contribution in [0.25, 0.3) is 0 Å². The minimum atomic E-state index is -0.939. The zero-order valence-corrected chi connectivity index (χ0v) is 15.4. The van der Waals surface area contributed by atoms with Crippen LogP contribution < -0.4 is 4.90 Å². The van der Waals surface area contributed by atoms with E-state index in [4.69, 9.17) is 5.11 Å². The summed E-state index contributed by atoms with van der Waals surface area (Å²) < 4.78 is 0. The lowest BCUT2D eigenvalue weighted by molar-refractivity contribution is -0.138. The first kappa shape index (κ1) is 18.2. The fraction of sp³-hybridized carbons (Fsp3) is 0.526. The summed E-state index contributed by atoms with van der Waals surface area (Å²) in [6.45, 7) is 6.47. The van der Waals surface area contributed by atoms with Crippen molar-refractivity contribution in [3.63, 3.8) is 0 Å². The molecule has 0 saturated carbocycles. The number of carboxylic acid groups (broad SMARTS) is 1. The minimum Gasteiger partial charge on any atom is -0.478 e. The number of nitrogens with zero attached hydrogens (tertiary/aromatic N) is 3. The van der Waals surface area contributed by atoms with Gasteiger partial charge in [0.2, 0.25) is 11.8 Å². The second kappa shape index (κ2) is 6.63. The Hall–Kier alpha value is -2.57. The molecule has 1 atom stereocenters. The molecule has 2 aliphatic heterocycles. The van der Waals surface area contributed by atoms with Crippen LogP contribution in [0.1, 0.15) is 30.6 Å². The highest BCUT2D eigenvalue weighted by atomic mass is 16.4. The maximum Gasteiger partial charge on any atom is 0.335 e. The molecule has 2 amide bonds. The summed E-state index contributed by atoms with van der Waals surface area (Å²) in [6, 6.07) is 6.79. The second-order valence-electron chi connectivity index (χ2n) is 7.53. The van der Waals surface area contributed by atoms with Gasteiger partial charge < -0.3 is 19.8 Å². The predicted octanol–water partition coefficient (Wildman–Crippen LogP) is 1.29. The van der Waals surface area contributed by atoms with Crippen LogP contribution in [0.2, 0.25) is 0 Å². The number of aromatic carboxylic acids is 1. The first-order valence-corrected chi connectivity index (χ1v) is 8.85. The van der Waals surface area contributed by atoms with Crippen molar-refractivity contribution in [1.82, 2.24) is 9.80 Å². The third kappa shape index (κ3) is 3.13. The van der Waals surface area contributed by atoms with E-state index in [0.29, 0.717) is 26.2 Å². The second-order valence-corrected chi connectivity index (χ2v) is 7.53. The standard InChI is InChI=1S/C19H25N3O4/c1-19(2)15(12-16(23)20(19)3)17(24)22-10-8-21(9-11-22)14-6-4-13(5-7-14)18(25)26/h4-7,15H,8-12H2,1-3H3,(H,25,26)/t15-/m1/s1. The quantitative estimate of drug-likeness (QED) is 0.880. The summed E-state index contributed by atoms with van der Waals surface area (Å²) in [4.78, 5) is 41.6. The van der Waals surface area contributed by atoms with Crippen LogP contribution in [0, 0.1) is 5.92 Å². The van der Waals surface area contributed by atoms with E-state index >= 15 is 0 Å². The number of amides is 2. The fourth-order valence-electron chi connectivity index (χ4n) is 3.73. The zero-order valence-electron chi connectivity index (χ0n) is 15.4. The number of hydrogen-bond acceptors (Lipinski definition) is 4. The van der Waals surface area contributed by atoms with Crippen molar-refractivity contribution in [3.8, 4) is 0 Å². The van der Waals surface area contributed by atoms with Gasteiger partial charge >= 0.3 is 5.97 Å². The number of carbonyl (C=O) groups excluding carboxylic acids is 2. The molecule has 2 aliphatic rings. The summed E-state index contributed by atoms with van der Waals surface area (Å²) in [5.74, 6) is -1.17. The molecule has 2 saturated heterocycles. The van der Waals surface area contributed by atoms with Gasteiger partial charge in [0.15, 0.2) is 0 Å². The Labute approximate surface area is 153 Å². The molecule has 7 nitrogen and oxygen atoms in total. The average Bonchev–Trinajstić information content (AvgIpc) is 2.84. The molecular weight excluding hydrogens is 334 g/mol. The van der Waals surface area contributed by atoms with E-state index in [1.165, 1.54) is 0 Å². The third-order valence-electron chi connectivity index (χ3n) is 5.84. The van der Waals surface area contributed by atoms with Crippen molar-refractivity contribution >= 4 is 23.5 Å². The van der Waals surface area contributed by atoms with Crippen LogP contribution in [0.5, 0.6) is 0 Å². The van der Waals surface area contributed by atoms with E-state index in [9.17, 15) is 14.4 Å². The van der Waals surface area contributed by atoms with Crippen molar-refractivity contribution in [2.24, 2.45) is 5.92 Å². The molecule has 0 bridgehead atoms. The molecule has 7 heteroatoms. The fourth-order valence-corrected chi connectivity index (χ4v) is 3.73. The largest absolute Gasteiger partial charge is 0.478 e. The van der Waals surface area contributed by atoms with Crippen molar-refractivity contribution in [2.75, 3.05) is 38.1 Å². The van der Waals surface area contributed by atoms with E-state index in [1.54, 1.807) is 36.2 Å². The number of carbonyl (C=O) groups is 3. The number of hydrogen-bond donors (Lipinski definition) is 1. The van der Waals surface area contributed by atoms with Crippen molar-refractivity contribution in [3.05, 3.63) is 29.8 Å². The van der Waals surface area contributed by atoms with Crippen LogP contribution in [0.15, 0.2) is 24.3 Å². The lowest BCUT2D eigenvalue weighted by atomic mass is 9.87. The first-order chi connectivity index (χ1) is 12.2. The van der Waals surface area contributed by atoms with Crippen molar-refractivity contribution in [2.45, 2.75) is 25.8 Å². The molecule has 1 N–H and O–H groups in total. The van der Waals surface area contributed by atoms with Gasteiger partial charge in [0, 0.05) is 50.9 Å². The van der Waals surface area contributed by atoms with E-state index in [0.717, 1.165) is 5.69 Å². The first-order valence-electron chi connectivity index (χ1n) is 8.85. The molecule has 2 heterocycles. The van der Waals surface area contributed by atoms with Gasteiger partial charge in [0.25, 0.3) is 0 Å². The summed E-state index contributed by atoms with van der Waals surface area (Å²) >= 11 is 0. The molecule has 3 rings (SSSR count). The van der Waals surface area contributed by atoms with Crippen LogP contribution in [0.4, 0.5) is 5.69 Å². The molecule has 0 radical (unpaired) electrons. The molecule has 1 aromatic rings. The molecule has 0 spiro atoms. The summed E-state index contributed by atoms with van der Waals surface area (Å²) in [7, 11) is 1.76. The Balaban J connectivity index is 1.62. The van der Waals surface area contributed by atoms with Gasteiger partial charge in [-0.25, -0.2) is 4.79 Å². The molecule has 140 valence electrons. The number of benzene rings is 1. The smallest absolute Gasteiger partial charge is 0.335 e. The minimum absolute atomic E-state index is 0.0190. The number of carboxylic acids is 1. The Morgan fingerprint density at radius 2 is 1.65 bits per heavy atom. The Morgan fingerprint density at radius 1 is 1.08 bits per heavy atom. The predicted molar refractivity (Wildman–Crippen MR) is 97.2 cm³/mol. The van der Waals surface area contributed by atoms with Gasteiger partial charge in [0.1, 0.15) is 0 Å². The zero-order chi connectivity index (χ0) is 19.1. The molecule has 0 aromatic heterocycles. The topological polar surface area (TPSA) is 81.2 Å². The van der Waals surface area contributed by atoms with Crippen LogP contribution in [-0.4, -0.2) is 71.5 Å². The monoisotopic (exact) mass is 359 g/mol. The Kier molecular flexibility index (Phi) is 4.64. The maximum atomic E-state index is 12.9. The van der Waals surface area contributed by atoms with Crippen LogP contribution in [0.3, 0.4) is 0 Å². The molecule has 26 heavy (non-hydrogen) atoms. The van der Waals surface area contributed by atoms with Crippen LogP contribution >= 0.6 is 0 Å². The van der Waals surface area contributed by atoms with Gasteiger partial charge in [0.05, 0.1) is 11.5 Å². The Bertz CT molecular complexity index is 721. The highest BCUT2D eigenvalue weighted by Crippen LogP contribution is 2.35. The third-order valence-corrected chi connectivity index (χ3v) is 5.84. The van der Waals surface area contributed by atoms with Gasteiger partial charge in [-0.05, 0) is 38.1 Å². The summed E-state index contributed by atoms with van der Waals surface area (Å²) in [5.41, 5.74) is 0.760. The van der Waals surface area contributed by atoms with Crippen molar-refractivity contribution < 1.29 is 19.5 Å². The normalized spacial score (nSPS) is 22.7. The van der Waals surface area contributed by atoms with E-state index in [-0.39, 0.29) is 29.7 Å². The van der Waals surface area contributed by atoms with Gasteiger partial charge in [-0.3, -0.25) is 9.59 Å². The number of rotatable bonds is 3. The van der Waals surface area contributed by atoms with E-state index < -0.39 is 11.5 Å². The molecule has 2 fully saturated rings. The number of likely N-dealkylation sites (tertiary alicyclic amines) is 1. The lowest BCUT2D eigenvalue weighted by Gasteiger charge is -2.40. The van der Waals surface area contributed by atoms with Crippen LogP contribution in [-0.2, 0) is 9.59 Å². The van der Waals surface area contributed by atoms with Gasteiger partial charge in [-0.15, -0.1) is 0 Å². The number of anilines is 1. The molecule has 0 aliphatic carbocycles. The highest BCUT2D eigenvalue weighted by Gasteiger charge is 2.49. The van der Waals surface area contributed by atoms with Gasteiger partial charge in [-0.2, -0.15) is 0 Å². The SMILES string of the molecule is CN1C(=O)C[C@H](C(=O)N2CCN(c3ccc(C(=O)O)cc3)CC2)C1(C)C. The molecule has 1 aromatic carbocycles. The highest BCUT2D eigenvalue weighted by molar-refractivity contribution is 5.91. The molecule has 0 unspecified atom stereocenters.